The van der Waals surface area contributed by atoms with Gasteiger partial charge in [0.2, 0.25) is 0 Å². The average Bonchev–Trinajstić information content (AvgIpc) is 3.58. The molecule has 0 spiro atoms. The van der Waals surface area contributed by atoms with Crippen LogP contribution >= 0.6 is 0 Å². The van der Waals surface area contributed by atoms with E-state index in [1.54, 1.807) is 13.0 Å². The van der Waals surface area contributed by atoms with Crippen molar-refractivity contribution in [3.8, 4) is 0 Å². The fourth-order valence-electron chi connectivity index (χ4n) is 6.45. The lowest BCUT2D eigenvalue weighted by Crippen LogP contribution is -2.31. The van der Waals surface area contributed by atoms with Crippen molar-refractivity contribution in [3.63, 3.8) is 0 Å². The van der Waals surface area contributed by atoms with E-state index in [1.807, 2.05) is 0 Å². The molecule has 43 heavy (non-hydrogen) atoms. The van der Waals surface area contributed by atoms with Gasteiger partial charge in [-0.05, 0) is 64.4 Å². The zero-order valence-corrected chi connectivity index (χ0v) is 27.2. The van der Waals surface area contributed by atoms with Crippen molar-refractivity contribution in [2.45, 2.75) is 204 Å². The van der Waals surface area contributed by atoms with Gasteiger partial charge in [-0.25, -0.2) is 4.79 Å². The highest BCUT2D eigenvalue weighted by Gasteiger charge is 2.34. The third kappa shape index (κ3) is 16.7. The first-order valence-corrected chi connectivity index (χ1v) is 17.7. The third-order valence-electron chi connectivity index (χ3n) is 9.16. The predicted octanol–water partition coefficient (Wildman–Crippen LogP) is 6.03. The SMILES string of the molecule is CCCCCCCCCCCC[C@H](O)[C@H]1CC[C@H]([C@H](O)CC[C@@H](O)C[C@@H](O)CCCCC[C@@H](O)CC2=C[C@H](C)OC2=O)O1. The van der Waals surface area contributed by atoms with E-state index in [1.165, 1.54) is 51.4 Å². The second-order valence-electron chi connectivity index (χ2n) is 13.3. The van der Waals surface area contributed by atoms with Gasteiger partial charge in [0.05, 0.1) is 42.7 Å². The maximum Gasteiger partial charge on any atom is 0.334 e. The van der Waals surface area contributed by atoms with Crippen molar-refractivity contribution in [2.24, 2.45) is 0 Å². The molecule has 0 amide bonds. The van der Waals surface area contributed by atoms with Gasteiger partial charge in [-0.3, -0.25) is 0 Å². The van der Waals surface area contributed by atoms with Crippen LogP contribution in [0.4, 0.5) is 0 Å². The number of hydrogen-bond donors (Lipinski definition) is 5. The number of rotatable bonds is 26. The highest BCUT2D eigenvalue weighted by Crippen LogP contribution is 2.28. The quantitative estimate of drug-likeness (QED) is 0.0590. The predicted molar refractivity (Wildman–Crippen MR) is 170 cm³/mol. The van der Waals surface area contributed by atoms with E-state index < -0.39 is 30.5 Å². The molecule has 1 fully saturated rings. The Labute approximate surface area is 261 Å². The van der Waals surface area contributed by atoms with Crippen LogP contribution in [0.25, 0.3) is 0 Å². The Kier molecular flexibility index (Phi) is 19.9. The summed E-state index contributed by atoms with van der Waals surface area (Å²) in [5.74, 6) is -0.339. The Bertz CT molecular complexity index is 758. The molecule has 0 aliphatic carbocycles. The summed E-state index contributed by atoms with van der Waals surface area (Å²) < 4.78 is 11.1. The Morgan fingerprint density at radius 1 is 0.674 bits per heavy atom. The summed E-state index contributed by atoms with van der Waals surface area (Å²) in [6.07, 6.45) is 17.9. The fraction of sp³-hybridized carbons (Fsp3) is 0.914. The van der Waals surface area contributed by atoms with Crippen molar-refractivity contribution >= 4 is 5.97 Å². The molecule has 2 aliphatic heterocycles. The summed E-state index contributed by atoms with van der Waals surface area (Å²) in [5, 5.41) is 52.1. The molecule has 2 aliphatic rings. The molecular weight excluding hydrogens is 548 g/mol. The molecule has 8 nitrogen and oxygen atoms in total. The van der Waals surface area contributed by atoms with Crippen molar-refractivity contribution in [1.29, 1.82) is 0 Å². The summed E-state index contributed by atoms with van der Waals surface area (Å²) in [6, 6.07) is 0. The van der Waals surface area contributed by atoms with Gasteiger partial charge in [0.15, 0.2) is 0 Å². The van der Waals surface area contributed by atoms with E-state index in [2.05, 4.69) is 6.92 Å². The van der Waals surface area contributed by atoms with Crippen LogP contribution in [0.2, 0.25) is 0 Å². The molecule has 8 heteroatoms. The van der Waals surface area contributed by atoms with Crippen LogP contribution in [0, 0.1) is 0 Å². The van der Waals surface area contributed by atoms with Crippen LogP contribution < -0.4 is 0 Å². The molecule has 0 radical (unpaired) electrons. The molecule has 0 aromatic heterocycles. The van der Waals surface area contributed by atoms with Crippen LogP contribution in [-0.2, 0) is 14.3 Å². The molecule has 5 N–H and O–H groups in total. The van der Waals surface area contributed by atoms with Crippen molar-refractivity contribution in [3.05, 3.63) is 11.6 Å². The van der Waals surface area contributed by atoms with Crippen molar-refractivity contribution < 1.29 is 39.8 Å². The van der Waals surface area contributed by atoms with Gasteiger partial charge in [-0.2, -0.15) is 0 Å². The van der Waals surface area contributed by atoms with E-state index in [0.717, 1.165) is 51.4 Å². The Hall–Kier alpha value is -1.03. The number of carbonyl (C=O) groups is 1. The van der Waals surface area contributed by atoms with Gasteiger partial charge in [0, 0.05) is 12.0 Å². The molecule has 0 unspecified atom stereocenters. The molecule has 8 atom stereocenters. The van der Waals surface area contributed by atoms with E-state index in [-0.39, 0.29) is 30.7 Å². The number of aliphatic hydroxyl groups is 5. The minimum absolute atomic E-state index is 0.217. The molecule has 2 heterocycles. The highest BCUT2D eigenvalue weighted by molar-refractivity contribution is 5.90. The van der Waals surface area contributed by atoms with E-state index in [9.17, 15) is 30.3 Å². The first kappa shape index (κ1) is 38.2. The number of unbranched alkanes of at least 4 members (excludes halogenated alkanes) is 11. The van der Waals surface area contributed by atoms with Crippen LogP contribution in [0.5, 0.6) is 0 Å². The van der Waals surface area contributed by atoms with Crippen LogP contribution in [0.1, 0.15) is 155 Å². The number of aliphatic hydroxyl groups excluding tert-OH is 5. The molecule has 0 bridgehead atoms. The Balaban J connectivity index is 1.46. The smallest absolute Gasteiger partial charge is 0.334 e. The summed E-state index contributed by atoms with van der Waals surface area (Å²) in [4.78, 5) is 11.7. The zero-order chi connectivity index (χ0) is 31.5. The van der Waals surface area contributed by atoms with Gasteiger partial charge in [0.25, 0.3) is 0 Å². The first-order chi connectivity index (χ1) is 20.7. The van der Waals surface area contributed by atoms with Crippen LogP contribution in [0.15, 0.2) is 11.6 Å². The maximum atomic E-state index is 11.7. The maximum absolute atomic E-state index is 11.7. The van der Waals surface area contributed by atoms with Gasteiger partial charge in [-0.15, -0.1) is 0 Å². The molecule has 0 aromatic carbocycles. The van der Waals surface area contributed by atoms with E-state index in [4.69, 9.17) is 9.47 Å². The number of carbonyl (C=O) groups excluding carboxylic acids is 1. The second-order valence-corrected chi connectivity index (χ2v) is 13.3. The zero-order valence-electron chi connectivity index (χ0n) is 27.2. The molecule has 0 aromatic rings. The van der Waals surface area contributed by atoms with Gasteiger partial charge in [-0.1, -0.05) is 90.4 Å². The summed E-state index contributed by atoms with van der Waals surface area (Å²) >= 11 is 0. The van der Waals surface area contributed by atoms with Gasteiger partial charge < -0.3 is 35.0 Å². The molecule has 1 saturated heterocycles. The lowest BCUT2D eigenvalue weighted by Gasteiger charge is -2.23. The first-order valence-electron chi connectivity index (χ1n) is 17.7. The third-order valence-corrected chi connectivity index (χ3v) is 9.16. The van der Waals surface area contributed by atoms with Crippen molar-refractivity contribution in [1.82, 2.24) is 0 Å². The average molecular weight is 613 g/mol. The number of cyclic esters (lactones) is 1. The minimum Gasteiger partial charge on any atom is -0.455 e. The highest BCUT2D eigenvalue weighted by atomic mass is 16.5. The van der Waals surface area contributed by atoms with Crippen LogP contribution in [-0.4, -0.2) is 80.3 Å². The molecular formula is C35H64O8. The lowest BCUT2D eigenvalue weighted by atomic mass is 9.97. The summed E-state index contributed by atoms with van der Waals surface area (Å²) in [5.41, 5.74) is 0.547. The monoisotopic (exact) mass is 612 g/mol. The van der Waals surface area contributed by atoms with Crippen LogP contribution in [0.3, 0.4) is 0 Å². The molecule has 2 rings (SSSR count). The Morgan fingerprint density at radius 3 is 1.74 bits per heavy atom. The van der Waals surface area contributed by atoms with Gasteiger partial charge in [0.1, 0.15) is 6.10 Å². The van der Waals surface area contributed by atoms with E-state index in [0.29, 0.717) is 37.7 Å². The Morgan fingerprint density at radius 2 is 1.16 bits per heavy atom. The number of esters is 1. The molecule has 0 saturated carbocycles. The fourth-order valence-corrected chi connectivity index (χ4v) is 6.45. The minimum atomic E-state index is -0.688. The topological polar surface area (TPSA) is 137 Å². The molecule has 252 valence electrons. The number of ether oxygens (including phenoxy) is 2. The van der Waals surface area contributed by atoms with E-state index >= 15 is 0 Å². The summed E-state index contributed by atoms with van der Waals surface area (Å²) in [6.45, 7) is 4.04. The normalized spacial score (nSPS) is 24.0. The second kappa shape index (κ2) is 22.5. The largest absolute Gasteiger partial charge is 0.455 e. The number of hydrogen-bond acceptors (Lipinski definition) is 8. The standard InChI is InChI=1S/C35H64O8/c1-3-4-5-6-7-8-9-10-11-15-18-31(39)33-21-22-34(43-33)32(40)20-19-30(38)25-29(37)17-14-12-13-16-28(36)24-27-23-26(2)42-35(27)41/h23,26,28-34,36-40H,3-22,24-25H2,1-2H3/t26-,28+,29-,30+,31-,32+,33+,34+/m0/s1. The summed E-state index contributed by atoms with van der Waals surface area (Å²) in [7, 11) is 0. The lowest BCUT2D eigenvalue weighted by molar-refractivity contribution is -0.139. The van der Waals surface area contributed by atoms with Crippen molar-refractivity contribution in [2.75, 3.05) is 0 Å². The van der Waals surface area contributed by atoms with Gasteiger partial charge >= 0.3 is 5.97 Å².